The topological polar surface area (TPSA) is 96.9 Å². The molecule has 2 amide bonds. The number of ether oxygens (including phenoxy) is 1. The first-order chi connectivity index (χ1) is 13.5. The highest BCUT2D eigenvalue weighted by Crippen LogP contribution is 2.25. The average molecular weight is 397 g/mol. The first kappa shape index (κ1) is 19.6. The van der Waals surface area contributed by atoms with E-state index in [1.54, 1.807) is 31.2 Å². The second-order valence-electron chi connectivity index (χ2n) is 5.90. The third-order valence-corrected chi connectivity index (χ3v) is 4.90. The Bertz CT molecular complexity index is 897. The molecule has 144 valence electrons. The van der Waals surface area contributed by atoms with Crippen molar-refractivity contribution in [2.75, 3.05) is 11.9 Å². The van der Waals surface area contributed by atoms with E-state index in [1.165, 1.54) is 11.8 Å². The third-order valence-electron chi connectivity index (χ3n) is 3.81. The van der Waals surface area contributed by atoms with Gasteiger partial charge in [-0.2, -0.15) is 0 Å². The van der Waals surface area contributed by atoms with E-state index in [4.69, 9.17) is 4.74 Å². The zero-order chi connectivity index (χ0) is 19.9. The summed E-state index contributed by atoms with van der Waals surface area (Å²) >= 11 is 1.20. The third kappa shape index (κ3) is 5.20. The van der Waals surface area contributed by atoms with Crippen molar-refractivity contribution in [3.8, 4) is 0 Å². The number of anilines is 1. The quantitative estimate of drug-likeness (QED) is 0.756. The summed E-state index contributed by atoms with van der Waals surface area (Å²) in [7, 11) is 0. The van der Waals surface area contributed by atoms with Crippen molar-refractivity contribution in [1.82, 2.24) is 5.32 Å². The Hall–Kier alpha value is -3.13. The van der Waals surface area contributed by atoms with Gasteiger partial charge in [0.15, 0.2) is 5.17 Å². The fourth-order valence-electron chi connectivity index (χ4n) is 2.49. The average Bonchev–Trinajstić information content (AvgIpc) is 2.69. The van der Waals surface area contributed by atoms with Crippen molar-refractivity contribution in [3.05, 3.63) is 60.2 Å². The number of amides is 2. The van der Waals surface area contributed by atoms with Crippen molar-refractivity contribution in [2.24, 2.45) is 4.99 Å². The summed E-state index contributed by atoms with van der Waals surface area (Å²) in [5.41, 5.74) is 1.63. The Morgan fingerprint density at radius 1 is 1.18 bits per heavy atom. The second-order valence-corrected chi connectivity index (χ2v) is 7.09. The number of para-hydroxylation sites is 1. The number of nitrogens with one attached hydrogen (secondary N) is 2. The molecule has 7 nitrogen and oxygen atoms in total. The van der Waals surface area contributed by atoms with E-state index >= 15 is 0 Å². The predicted octanol–water partition coefficient (Wildman–Crippen LogP) is 3.11. The number of nitrogens with zero attached hydrogens (tertiary/aromatic N) is 1. The number of hydrogen-bond donors (Lipinski definition) is 2. The van der Waals surface area contributed by atoms with Gasteiger partial charge in [-0.25, -0.2) is 9.79 Å². The van der Waals surface area contributed by atoms with Gasteiger partial charge in [0.25, 0.3) is 0 Å². The van der Waals surface area contributed by atoms with Crippen LogP contribution in [0.2, 0.25) is 0 Å². The van der Waals surface area contributed by atoms with Crippen LogP contribution in [0, 0.1) is 0 Å². The molecule has 0 saturated carbocycles. The number of benzene rings is 2. The first-order valence-electron chi connectivity index (χ1n) is 8.73. The van der Waals surface area contributed by atoms with Crippen molar-refractivity contribution >= 4 is 46.1 Å². The van der Waals surface area contributed by atoms with Crippen LogP contribution < -0.4 is 10.6 Å². The maximum Gasteiger partial charge on any atom is 0.338 e. The molecular formula is C20H19N3O4S. The molecule has 1 saturated heterocycles. The highest BCUT2D eigenvalue weighted by molar-refractivity contribution is 8.15. The van der Waals surface area contributed by atoms with Crippen LogP contribution in [-0.4, -0.2) is 34.8 Å². The first-order valence-corrected chi connectivity index (χ1v) is 9.61. The number of amidine groups is 1. The predicted molar refractivity (Wildman–Crippen MR) is 109 cm³/mol. The molecule has 1 heterocycles. The molecule has 3 rings (SSSR count). The van der Waals surface area contributed by atoms with Crippen molar-refractivity contribution < 1.29 is 19.1 Å². The van der Waals surface area contributed by atoms with Crippen LogP contribution in [0.3, 0.4) is 0 Å². The molecule has 0 spiro atoms. The van der Waals surface area contributed by atoms with Crippen molar-refractivity contribution in [1.29, 1.82) is 0 Å². The van der Waals surface area contributed by atoms with E-state index in [0.29, 0.717) is 28.7 Å². The summed E-state index contributed by atoms with van der Waals surface area (Å²) in [6.07, 6.45) is 0.0607. The molecule has 1 unspecified atom stereocenters. The highest BCUT2D eigenvalue weighted by atomic mass is 32.2. The van der Waals surface area contributed by atoms with Gasteiger partial charge in [0.2, 0.25) is 11.8 Å². The van der Waals surface area contributed by atoms with Gasteiger partial charge in [0.05, 0.1) is 17.9 Å². The van der Waals surface area contributed by atoms with Gasteiger partial charge in [-0.1, -0.05) is 30.0 Å². The number of thioether (sulfide) groups is 1. The van der Waals surface area contributed by atoms with E-state index < -0.39 is 11.2 Å². The minimum atomic E-state index is -0.596. The Morgan fingerprint density at radius 3 is 2.57 bits per heavy atom. The lowest BCUT2D eigenvalue weighted by Gasteiger charge is -2.22. The Balaban J connectivity index is 1.65. The van der Waals surface area contributed by atoms with E-state index in [0.717, 1.165) is 0 Å². The lowest BCUT2D eigenvalue weighted by atomic mass is 10.2. The van der Waals surface area contributed by atoms with Crippen LogP contribution in [0.4, 0.5) is 11.4 Å². The molecule has 0 aliphatic carbocycles. The zero-order valence-electron chi connectivity index (χ0n) is 15.2. The lowest BCUT2D eigenvalue weighted by molar-refractivity contribution is -0.123. The zero-order valence-corrected chi connectivity index (χ0v) is 16.0. The maximum atomic E-state index is 12.6. The van der Waals surface area contributed by atoms with E-state index in [2.05, 4.69) is 15.6 Å². The molecule has 0 bridgehead atoms. The van der Waals surface area contributed by atoms with Gasteiger partial charge >= 0.3 is 5.97 Å². The Kier molecular flexibility index (Phi) is 6.44. The summed E-state index contributed by atoms with van der Waals surface area (Å²) < 4.78 is 4.93. The molecule has 8 heteroatoms. The summed E-state index contributed by atoms with van der Waals surface area (Å²) in [6.45, 7) is 2.03. The molecule has 1 aliphatic rings. The van der Waals surface area contributed by atoms with E-state index in [-0.39, 0.29) is 18.2 Å². The van der Waals surface area contributed by atoms with Gasteiger partial charge in [0.1, 0.15) is 5.25 Å². The van der Waals surface area contributed by atoms with E-state index in [9.17, 15) is 14.4 Å². The molecule has 2 aromatic rings. The van der Waals surface area contributed by atoms with Gasteiger partial charge < -0.3 is 15.4 Å². The van der Waals surface area contributed by atoms with Gasteiger partial charge in [-0.05, 0) is 43.3 Å². The number of hydrogen-bond acceptors (Lipinski definition) is 6. The largest absolute Gasteiger partial charge is 0.462 e. The highest BCUT2D eigenvalue weighted by Gasteiger charge is 2.30. The van der Waals surface area contributed by atoms with Crippen molar-refractivity contribution in [3.63, 3.8) is 0 Å². The number of esters is 1. The fourth-order valence-corrected chi connectivity index (χ4v) is 3.49. The molecule has 0 radical (unpaired) electrons. The fraction of sp³-hybridized carbons (Fsp3) is 0.200. The monoisotopic (exact) mass is 397 g/mol. The van der Waals surface area contributed by atoms with E-state index in [1.807, 2.05) is 30.3 Å². The Labute approximate surface area is 166 Å². The van der Waals surface area contributed by atoms with Crippen LogP contribution >= 0.6 is 11.8 Å². The van der Waals surface area contributed by atoms with Crippen LogP contribution in [0.1, 0.15) is 23.7 Å². The normalized spacial score (nSPS) is 17.7. The van der Waals surface area contributed by atoms with Crippen LogP contribution in [0.15, 0.2) is 59.6 Å². The molecular weight excluding hydrogens is 378 g/mol. The molecule has 28 heavy (non-hydrogen) atoms. The SMILES string of the molecule is CCOC(=O)c1ccc(NC(=O)C2CC(=O)NC(=Nc3ccccc3)S2)cc1. The minimum absolute atomic E-state index is 0.0607. The molecule has 1 atom stereocenters. The van der Waals surface area contributed by atoms with Crippen molar-refractivity contribution in [2.45, 2.75) is 18.6 Å². The molecule has 2 N–H and O–H groups in total. The van der Waals surface area contributed by atoms with Crippen LogP contribution in [0.5, 0.6) is 0 Å². The number of rotatable bonds is 5. The molecule has 1 aliphatic heterocycles. The van der Waals surface area contributed by atoms with Crippen LogP contribution in [0.25, 0.3) is 0 Å². The number of aliphatic imine (C=N–C) groups is 1. The second kappa shape index (κ2) is 9.18. The minimum Gasteiger partial charge on any atom is -0.462 e. The van der Waals surface area contributed by atoms with Gasteiger partial charge in [0, 0.05) is 12.1 Å². The number of carbonyl (C=O) groups is 3. The Morgan fingerprint density at radius 2 is 1.89 bits per heavy atom. The summed E-state index contributed by atoms with van der Waals surface area (Å²) in [5, 5.41) is 5.25. The van der Waals surface area contributed by atoms with Gasteiger partial charge in [-0.3, -0.25) is 9.59 Å². The smallest absolute Gasteiger partial charge is 0.338 e. The molecule has 0 aromatic heterocycles. The molecule has 1 fully saturated rings. The number of carbonyl (C=O) groups excluding carboxylic acids is 3. The standard InChI is InChI=1S/C20H19N3O4S/c1-2-27-19(26)13-8-10-15(11-9-13)21-18(25)16-12-17(24)23-20(28-16)22-14-6-4-3-5-7-14/h3-11,16H,2,12H2,1H3,(H,21,25)(H,22,23,24). The van der Waals surface area contributed by atoms with Crippen LogP contribution in [-0.2, 0) is 14.3 Å². The lowest BCUT2D eigenvalue weighted by Crippen LogP contribution is -2.41. The maximum absolute atomic E-state index is 12.6. The summed E-state index contributed by atoms with van der Waals surface area (Å²) in [6, 6.07) is 15.6. The summed E-state index contributed by atoms with van der Waals surface area (Å²) in [5.74, 6) is -0.975. The summed E-state index contributed by atoms with van der Waals surface area (Å²) in [4.78, 5) is 40.6. The molecule has 2 aromatic carbocycles. The van der Waals surface area contributed by atoms with Gasteiger partial charge in [-0.15, -0.1) is 0 Å².